The summed E-state index contributed by atoms with van der Waals surface area (Å²) >= 11 is 1.35. The fourth-order valence-electron chi connectivity index (χ4n) is 3.52. The van der Waals surface area contributed by atoms with Crippen molar-refractivity contribution in [2.24, 2.45) is 4.99 Å². The Bertz CT molecular complexity index is 1490. The molecule has 0 fully saturated rings. The summed E-state index contributed by atoms with van der Waals surface area (Å²) in [5.41, 5.74) is 1.05. The first-order valence-electron chi connectivity index (χ1n) is 11.2. The SMILES string of the molecule is C=CCn1c(=NC(=O)c2ccc(S(=O)(=O)N(CCC#N)CCC#N)cc2)sc2cccc(OCC)c21. The minimum atomic E-state index is -3.93. The highest BCUT2D eigenvalue weighted by Crippen LogP contribution is 2.28. The van der Waals surface area contributed by atoms with Gasteiger partial charge in [-0.15, -0.1) is 6.58 Å². The summed E-state index contributed by atoms with van der Waals surface area (Å²) in [6, 6.07) is 15.0. The summed E-state index contributed by atoms with van der Waals surface area (Å²) in [5.74, 6) is 0.168. The Morgan fingerprint density at radius 3 is 2.42 bits per heavy atom. The van der Waals surface area contributed by atoms with Gasteiger partial charge in [-0.1, -0.05) is 23.5 Å². The first-order valence-corrected chi connectivity index (χ1v) is 13.4. The number of nitriles is 2. The van der Waals surface area contributed by atoms with E-state index in [9.17, 15) is 13.2 Å². The average Bonchev–Trinajstić information content (AvgIpc) is 3.22. The highest BCUT2D eigenvalue weighted by Gasteiger charge is 2.24. The second-order valence-electron chi connectivity index (χ2n) is 7.48. The summed E-state index contributed by atoms with van der Waals surface area (Å²) in [5, 5.41) is 17.7. The van der Waals surface area contributed by atoms with Crippen LogP contribution >= 0.6 is 11.3 Å². The van der Waals surface area contributed by atoms with Gasteiger partial charge in [0.2, 0.25) is 10.0 Å². The molecule has 0 aliphatic rings. The van der Waals surface area contributed by atoms with Crippen LogP contribution in [0.4, 0.5) is 0 Å². The molecule has 0 aliphatic heterocycles. The summed E-state index contributed by atoms with van der Waals surface area (Å²) < 4.78 is 35.6. The predicted octanol–water partition coefficient (Wildman–Crippen LogP) is 3.85. The smallest absolute Gasteiger partial charge is 0.279 e. The molecule has 0 N–H and O–H groups in total. The second-order valence-corrected chi connectivity index (χ2v) is 10.4. The third kappa shape index (κ3) is 5.89. The van der Waals surface area contributed by atoms with E-state index in [0.717, 1.165) is 14.5 Å². The van der Waals surface area contributed by atoms with Gasteiger partial charge in [0.05, 0.1) is 28.3 Å². The van der Waals surface area contributed by atoms with Crippen molar-refractivity contribution in [2.45, 2.75) is 31.2 Å². The zero-order chi connectivity index (χ0) is 26.1. The number of thiazole rings is 1. The molecule has 186 valence electrons. The molecule has 0 bridgehead atoms. The summed E-state index contributed by atoms with van der Waals surface area (Å²) in [7, 11) is -3.93. The molecule has 9 nitrogen and oxygen atoms in total. The molecule has 0 spiro atoms. The number of carbonyl (C=O) groups excluding carboxylic acids is 1. The molecule has 0 saturated heterocycles. The number of hydrogen-bond acceptors (Lipinski definition) is 7. The number of fused-ring (bicyclic) bond motifs is 1. The van der Waals surface area contributed by atoms with Crippen LogP contribution < -0.4 is 9.54 Å². The molecule has 0 radical (unpaired) electrons. The van der Waals surface area contributed by atoms with Gasteiger partial charge in [0, 0.05) is 38.0 Å². The van der Waals surface area contributed by atoms with Crippen molar-refractivity contribution in [2.75, 3.05) is 19.7 Å². The first-order chi connectivity index (χ1) is 17.4. The summed E-state index contributed by atoms with van der Waals surface area (Å²) in [4.78, 5) is 17.7. The fraction of sp³-hybridized carbons (Fsp3) is 0.280. The Morgan fingerprint density at radius 2 is 1.83 bits per heavy atom. The Hall–Kier alpha value is -3.77. The van der Waals surface area contributed by atoms with Crippen LogP contribution in [0, 0.1) is 22.7 Å². The highest BCUT2D eigenvalue weighted by atomic mass is 32.2. The quantitative estimate of drug-likeness (QED) is 0.351. The molecule has 0 saturated carbocycles. The molecule has 1 amide bonds. The van der Waals surface area contributed by atoms with Crippen molar-refractivity contribution in [1.29, 1.82) is 10.5 Å². The number of aromatic nitrogens is 1. The number of sulfonamides is 1. The number of rotatable bonds is 11. The van der Waals surface area contributed by atoms with Gasteiger partial charge in [-0.05, 0) is 43.3 Å². The fourth-order valence-corrected chi connectivity index (χ4v) is 6.02. The van der Waals surface area contributed by atoms with Crippen molar-refractivity contribution < 1.29 is 17.9 Å². The normalized spacial score (nSPS) is 11.8. The molecule has 2 aromatic carbocycles. The summed E-state index contributed by atoms with van der Waals surface area (Å²) in [6.07, 6.45) is 1.72. The van der Waals surface area contributed by atoms with Crippen LogP contribution in [0.25, 0.3) is 10.2 Å². The maximum Gasteiger partial charge on any atom is 0.279 e. The van der Waals surface area contributed by atoms with E-state index in [0.29, 0.717) is 23.7 Å². The zero-order valence-electron chi connectivity index (χ0n) is 19.8. The third-order valence-corrected chi connectivity index (χ3v) is 8.11. The minimum absolute atomic E-state index is 0.00495. The number of nitrogens with zero attached hydrogens (tertiary/aromatic N) is 5. The summed E-state index contributed by atoms with van der Waals surface area (Å²) in [6.45, 7) is 6.58. The van der Waals surface area contributed by atoms with Crippen molar-refractivity contribution in [3.8, 4) is 17.9 Å². The standard InChI is InChI=1S/C25H25N5O4S2/c1-3-16-30-23-21(34-4-2)8-5-9-22(23)35-25(30)28-24(31)19-10-12-20(13-11-19)36(32,33)29(17-6-14-26)18-7-15-27/h3,5,8-13H,1,4,6-7,16-18H2,2H3. The first kappa shape index (κ1) is 26.8. The average molecular weight is 524 g/mol. The number of ether oxygens (including phenoxy) is 1. The second kappa shape index (κ2) is 12.3. The number of amides is 1. The molecule has 0 unspecified atom stereocenters. The van der Waals surface area contributed by atoms with Crippen LogP contribution in [0.1, 0.15) is 30.1 Å². The van der Waals surface area contributed by atoms with Gasteiger partial charge in [-0.3, -0.25) is 4.79 Å². The van der Waals surface area contributed by atoms with Gasteiger partial charge in [0.1, 0.15) is 11.3 Å². The number of hydrogen-bond donors (Lipinski definition) is 0. The maximum atomic E-state index is 13.0. The molecule has 11 heteroatoms. The molecular formula is C25H25N5O4S2. The number of carbonyl (C=O) groups is 1. The van der Waals surface area contributed by atoms with Crippen molar-refractivity contribution >= 4 is 37.5 Å². The van der Waals surface area contributed by atoms with Gasteiger partial charge in [0.15, 0.2) is 4.80 Å². The Labute approximate surface area is 213 Å². The van der Waals surface area contributed by atoms with Crippen LogP contribution in [-0.4, -0.2) is 42.9 Å². The van der Waals surface area contributed by atoms with Crippen molar-refractivity contribution in [3.05, 3.63) is 65.5 Å². The van der Waals surface area contributed by atoms with Gasteiger partial charge in [-0.2, -0.15) is 19.8 Å². The van der Waals surface area contributed by atoms with Crippen molar-refractivity contribution in [1.82, 2.24) is 8.87 Å². The lowest BCUT2D eigenvalue weighted by molar-refractivity contribution is 0.0997. The van der Waals surface area contributed by atoms with Crippen LogP contribution in [0.5, 0.6) is 5.75 Å². The molecule has 3 aromatic rings. The van der Waals surface area contributed by atoms with Crippen LogP contribution in [-0.2, 0) is 16.6 Å². The van der Waals surface area contributed by atoms with Crippen molar-refractivity contribution in [3.63, 3.8) is 0 Å². The molecule has 0 aliphatic carbocycles. The van der Waals surface area contributed by atoms with Crippen LogP contribution in [0.3, 0.4) is 0 Å². The molecule has 0 atom stereocenters. The number of para-hydroxylation sites is 1. The largest absolute Gasteiger partial charge is 0.492 e. The van der Waals surface area contributed by atoms with E-state index in [4.69, 9.17) is 15.3 Å². The molecule has 1 aromatic heterocycles. The van der Waals surface area contributed by atoms with E-state index in [2.05, 4.69) is 11.6 Å². The Balaban J connectivity index is 1.96. The van der Waals surface area contributed by atoms with E-state index in [-0.39, 0.29) is 36.4 Å². The van der Waals surface area contributed by atoms with E-state index >= 15 is 0 Å². The zero-order valence-corrected chi connectivity index (χ0v) is 21.4. The maximum absolute atomic E-state index is 13.0. The lowest BCUT2D eigenvalue weighted by atomic mass is 10.2. The molecule has 1 heterocycles. The monoisotopic (exact) mass is 523 g/mol. The Kier molecular flexibility index (Phi) is 9.14. The van der Waals surface area contributed by atoms with Gasteiger partial charge in [0.25, 0.3) is 5.91 Å². The lowest BCUT2D eigenvalue weighted by Crippen LogP contribution is -2.32. The highest BCUT2D eigenvalue weighted by molar-refractivity contribution is 7.89. The number of benzene rings is 2. The topological polar surface area (TPSA) is 129 Å². The van der Waals surface area contributed by atoms with Crippen LogP contribution in [0.15, 0.2) is 65.0 Å². The van der Waals surface area contributed by atoms with Crippen LogP contribution in [0.2, 0.25) is 0 Å². The minimum Gasteiger partial charge on any atom is -0.492 e. The lowest BCUT2D eigenvalue weighted by Gasteiger charge is -2.20. The molecular weight excluding hydrogens is 498 g/mol. The van der Waals surface area contributed by atoms with E-state index in [1.54, 1.807) is 6.08 Å². The van der Waals surface area contributed by atoms with Gasteiger partial charge >= 0.3 is 0 Å². The van der Waals surface area contributed by atoms with Gasteiger partial charge in [-0.25, -0.2) is 8.42 Å². The van der Waals surface area contributed by atoms with E-state index in [1.165, 1.54) is 35.6 Å². The molecule has 36 heavy (non-hydrogen) atoms. The molecule has 3 rings (SSSR count). The van der Waals surface area contributed by atoms with E-state index in [1.807, 2.05) is 41.8 Å². The van der Waals surface area contributed by atoms with Gasteiger partial charge < -0.3 is 9.30 Å². The Morgan fingerprint density at radius 1 is 1.17 bits per heavy atom. The van der Waals surface area contributed by atoms with E-state index < -0.39 is 15.9 Å². The number of allylic oxidation sites excluding steroid dienone is 1. The predicted molar refractivity (Wildman–Crippen MR) is 137 cm³/mol. The third-order valence-electron chi connectivity index (χ3n) is 5.16.